The van der Waals surface area contributed by atoms with E-state index >= 15 is 0 Å². The highest BCUT2D eigenvalue weighted by Gasteiger charge is 2.28. The summed E-state index contributed by atoms with van der Waals surface area (Å²) in [5.41, 5.74) is 23.2. The van der Waals surface area contributed by atoms with E-state index in [0.717, 1.165) is 37.2 Å². The maximum absolute atomic E-state index is 11.6. The van der Waals surface area contributed by atoms with Crippen molar-refractivity contribution < 1.29 is 69.1 Å². The second-order valence-electron chi connectivity index (χ2n) is 27.1. The molecule has 0 aliphatic carbocycles. The summed E-state index contributed by atoms with van der Waals surface area (Å²) in [4.78, 5) is 49.0. The van der Waals surface area contributed by atoms with Crippen LogP contribution in [0.1, 0.15) is 88.1 Å². The normalized spacial score (nSPS) is 12.2. The summed E-state index contributed by atoms with van der Waals surface area (Å²) in [6.07, 6.45) is 1.56. The number of aliphatic carboxylic acids is 2. The van der Waals surface area contributed by atoms with Crippen molar-refractivity contribution in [2.24, 2.45) is 31.4 Å². The van der Waals surface area contributed by atoms with Crippen molar-refractivity contribution in [3.8, 4) is 81.0 Å². The molecule has 0 atom stereocenters. The first-order valence-corrected chi connectivity index (χ1v) is 48.6. The third kappa shape index (κ3) is 33.8. The quantitative estimate of drug-likeness (QED) is 0.00747. The van der Waals surface area contributed by atoms with Crippen molar-refractivity contribution >= 4 is 305 Å². The number of ether oxygens (including phenoxy) is 3. The zero-order valence-electron chi connectivity index (χ0n) is 70.6. The van der Waals surface area contributed by atoms with Gasteiger partial charge in [-0.25, -0.2) is 0 Å². The first-order chi connectivity index (χ1) is 62.7. The predicted molar refractivity (Wildman–Crippen MR) is 561 cm³/mol. The molecule has 11 rings (SSSR count). The minimum atomic E-state index is -1.04. The Bertz CT molecular complexity index is 5970. The number of nitrogens with one attached hydrogen (secondary N) is 9. The van der Waals surface area contributed by atoms with Gasteiger partial charge in [0, 0.05) is 71.2 Å². The van der Waals surface area contributed by atoms with Gasteiger partial charge in [0.2, 0.25) is 0 Å². The lowest BCUT2D eigenvalue weighted by atomic mass is 9.97. The Labute approximate surface area is 854 Å². The zero-order chi connectivity index (χ0) is 97.2. The predicted octanol–water partition coefficient (Wildman–Crippen LogP) is 20.6. The van der Waals surface area contributed by atoms with Crippen LogP contribution < -0.4 is 48.4 Å². The van der Waals surface area contributed by atoms with Crippen molar-refractivity contribution in [3.63, 3.8) is 0 Å². The highest BCUT2D eigenvalue weighted by molar-refractivity contribution is 9.10. The number of nitrogens with zero attached hydrogens (tertiary/aromatic N) is 6. The number of hydrogen-bond donors (Lipinski definition) is 16. The lowest BCUT2D eigenvalue weighted by Crippen LogP contribution is -2.44. The van der Waals surface area contributed by atoms with Crippen LogP contribution in [0.3, 0.4) is 0 Å². The SMILES string of the molecule is C/C(=N\NC(=S)NCC(=O)O)c1csc(-c2ccc(Cl)c(Cl)c2)c1O.C/C(=N\NC(=S)NCCC(=O)O)c1csc(-c2ccc(Cl)c(Cl)c2)c1O.COC(=O)C1CCN(C(=S)N/N=C(\C)c2csc(-c3ccc(Br)cc3)c2O)CC1.COC(=O)CCNC(=S)N/N=C(\C)c1csc(-c2ccc(Cl)c(Cl)c2)c1O.COCCNC(=S)N/N=C(\C)c1csc(-c2ccc(Cl)c(Cl)c2)c1O. The zero-order valence-corrected chi connectivity index (χ0v) is 86.4. The lowest BCUT2D eigenvalue weighted by molar-refractivity contribution is -0.146. The summed E-state index contributed by atoms with van der Waals surface area (Å²) in [7, 11) is 4.36. The molecule has 10 aromatic rings. The molecule has 0 amide bonds. The minimum Gasteiger partial charge on any atom is -0.506 e. The maximum atomic E-state index is 11.6. The molecule has 0 saturated carbocycles. The van der Waals surface area contributed by atoms with E-state index in [1.165, 1.54) is 70.9 Å². The van der Waals surface area contributed by atoms with Gasteiger partial charge >= 0.3 is 23.9 Å². The molecular weight excluding hydrogens is 2130 g/mol. The highest BCUT2D eigenvalue weighted by Crippen LogP contribution is 2.46. The van der Waals surface area contributed by atoms with Gasteiger partial charge in [0.25, 0.3) is 0 Å². The van der Waals surface area contributed by atoms with E-state index in [1.54, 1.807) is 118 Å². The van der Waals surface area contributed by atoms with Gasteiger partial charge in [-0.2, -0.15) is 25.5 Å². The molecule has 6 heterocycles. The topological polar surface area (TPSA) is 411 Å². The van der Waals surface area contributed by atoms with Gasteiger partial charge in [-0.1, -0.05) is 145 Å². The Balaban J connectivity index is 0.000000226. The number of rotatable bonds is 27. The van der Waals surface area contributed by atoms with E-state index < -0.39 is 11.9 Å². The number of thiophene rings is 5. The monoisotopic (exact) mass is 2210 g/mol. The number of thiocarbonyl (C=S) groups is 5. The van der Waals surface area contributed by atoms with Crippen molar-refractivity contribution in [1.29, 1.82) is 0 Å². The van der Waals surface area contributed by atoms with Crippen LogP contribution in [0.4, 0.5) is 0 Å². The number of aromatic hydroxyl groups is 5. The Morgan fingerprint density at radius 1 is 0.409 bits per heavy atom. The Morgan fingerprint density at radius 2 is 0.705 bits per heavy atom. The summed E-state index contributed by atoms with van der Waals surface area (Å²) in [6, 6.07) is 28.4. The largest absolute Gasteiger partial charge is 0.506 e. The summed E-state index contributed by atoms with van der Waals surface area (Å²) < 4.78 is 15.3. The molecule has 48 heteroatoms. The average Bonchev–Trinajstić information content (AvgIpc) is 1.67. The number of hydrazone groups is 5. The van der Waals surface area contributed by atoms with E-state index in [4.69, 9.17) is 174 Å². The van der Waals surface area contributed by atoms with E-state index in [1.807, 2.05) is 52.9 Å². The summed E-state index contributed by atoms with van der Waals surface area (Å²) in [5.74, 6) is -1.90. The van der Waals surface area contributed by atoms with Crippen LogP contribution in [-0.4, -0.2) is 186 Å². The number of halogens is 9. The highest BCUT2D eigenvalue weighted by atomic mass is 79.9. The number of piperidine rings is 1. The fraction of sp³-hybridized carbons (Fsp3) is 0.238. The number of benzene rings is 5. The van der Waals surface area contributed by atoms with Crippen LogP contribution in [0.15, 0.2) is 154 Å². The van der Waals surface area contributed by atoms with Crippen LogP contribution in [0.25, 0.3) is 52.2 Å². The third-order valence-electron chi connectivity index (χ3n) is 18.0. The number of carboxylic acid groups (broad SMARTS) is 2. The molecule has 702 valence electrons. The number of likely N-dealkylation sites (tertiary alicyclic amines) is 1. The van der Waals surface area contributed by atoms with Crippen LogP contribution >= 0.6 is 227 Å². The first-order valence-electron chi connectivity index (χ1n) is 38.4. The van der Waals surface area contributed by atoms with E-state index in [-0.39, 0.29) is 87.9 Å². The number of carbonyl (C=O) groups is 4. The number of methoxy groups -OCH3 is 3. The summed E-state index contributed by atoms with van der Waals surface area (Å²) in [6.45, 7) is 11.5. The second kappa shape index (κ2) is 55.2. The Kier molecular flexibility index (Phi) is 46.0. The molecule has 0 radical (unpaired) electrons. The molecule has 5 aromatic carbocycles. The molecule has 0 bridgehead atoms. The fourth-order valence-electron chi connectivity index (χ4n) is 11.0. The smallest absolute Gasteiger partial charge is 0.322 e. The molecule has 0 unspecified atom stereocenters. The molecular formula is C84H84BrCl8N15O14S10. The van der Waals surface area contributed by atoms with Crippen LogP contribution in [0, 0.1) is 5.92 Å². The third-order valence-corrected chi connectivity index (χ3v) is 27.9. The molecule has 29 nitrogen and oxygen atoms in total. The lowest BCUT2D eigenvalue weighted by Gasteiger charge is -2.31. The van der Waals surface area contributed by atoms with Crippen molar-refractivity contribution in [2.45, 2.75) is 60.3 Å². The number of hydrogen-bond acceptors (Lipinski definition) is 27. The van der Waals surface area contributed by atoms with E-state index in [0.29, 0.717) is 172 Å². The van der Waals surface area contributed by atoms with Gasteiger partial charge in [0.1, 0.15) is 35.3 Å². The first kappa shape index (κ1) is 110. The fourth-order valence-corrected chi connectivity index (χ4v) is 18.3. The molecule has 1 aliphatic rings. The van der Waals surface area contributed by atoms with Crippen LogP contribution in [0.5, 0.6) is 28.7 Å². The number of carbonyl (C=O) groups excluding carboxylic acids is 2. The minimum absolute atomic E-state index is 0.0527. The maximum Gasteiger partial charge on any atom is 0.322 e. The van der Waals surface area contributed by atoms with Gasteiger partial charge in [-0.05, 0) is 197 Å². The van der Waals surface area contributed by atoms with E-state index in [2.05, 4.69) is 94.6 Å². The average molecular weight is 2210 g/mol. The molecule has 5 aromatic heterocycles. The van der Waals surface area contributed by atoms with Gasteiger partial charge in [-0.15, -0.1) is 56.7 Å². The van der Waals surface area contributed by atoms with Crippen molar-refractivity contribution in [2.75, 3.05) is 67.2 Å². The van der Waals surface area contributed by atoms with E-state index in [9.17, 15) is 44.7 Å². The molecule has 1 fully saturated rings. The second-order valence-corrected chi connectivity index (χ2v) is 37.7. The molecule has 0 spiro atoms. The number of esters is 2. The van der Waals surface area contributed by atoms with Crippen molar-refractivity contribution in [3.05, 3.63) is 196 Å². The summed E-state index contributed by atoms with van der Waals surface area (Å²) >= 11 is 83.7. The Hall–Kier alpha value is -8.96. The van der Waals surface area contributed by atoms with Gasteiger partial charge in [0.05, 0.1) is 161 Å². The van der Waals surface area contributed by atoms with Crippen molar-refractivity contribution in [1.82, 2.24) is 53.3 Å². The summed E-state index contributed by atoms with van der Waals surface area (Å²) in [5, 5.41) is 116. The molecule has 1 saturated heterocycles. The van der Waals surface area contributed by atoms with Crippen LogP contribution in [-0.2, 0) is 33.4 Å². The molecule has 1 aliphatic heterocycles. The van der Waals surface area contributed by atoms with Crippen LogP contribution in [0.2, 0.25) is 40.2 Å². The van der Waals surface area contributed by atoms with Gasteiger partial charge < -0.3 is 76.1 Å². The standard InChI is InChI=1S/C20H22BrN3O3S2.C17H17Cl2N3O3S2.C16H15Cl2N3O3S2.C16H17Cl2N3O2S2.C15H13Cl2N3O3S2/c1-12(16-11-29-18(17(16)25)13-3-5-15(21)6-4-13)22-23-20(28)24-9-7-14(8-10-24)19(26)27-2;1-9(21-22-17(26)20-6-5-14(23)25-2)11-8-27-16(15(11)24)10-3-4-12(18)13(19)7-10;1-8(20-21-16(25)19-5-4-13(22)23)10-7-26-15(14(10)24)9-2-3-11(17)12(18)6-9;1-9(20-21-16(24)19-5-6-23-2)11-8-25-15(14(11)22)10-3-4-12(17)13(18)7-10;1-7(19-20-15(24)18-5-12(21)22)9-6-25-14(13(9)23)8-2-3-10(16)11(17)4-8/h3-6,11,14,25H,7-10H2,1-2H3,(H,23,28);3-4,7-8,24H,5-6H2,1-2H3,(H2,20,22,26);2-3,6-7,24H,4-5H2,1H3,(H,22,23)(H2,19,21,25);3-4,7-8,22H,5-6H2,1-2H3,(H2,19,21,24);2-4,6,23H,5H2,1H3,(H,21,22)(H2,18,20,24)/b22-12+;21-9+;20-8+;20-9+;19-7+. The molecule has 132 heavy (non-hydrogen) atoms. The number of carboxylic acids is 2. The Morgan fingerprint density at radius 3 is 1.00 bits per heavy atom. The van der Waals surface area contributed by atoms with Gasteiger partial charge in [-0.3, -0.25) is 46.3 Å². The molecule has 16 N–H and O–H groups in total. The van der Waals surface area contributed by atoms with Gasteiger partial charge in [0.15, 0.2) is 25.6 Å².